The number of pyridine rings is 2. The van der Waals surface area contributed by atoms with E-state index in [1.54, 1.807) is 30.6 Å². The molecule has 178 valence electrons. The number of halogens is 3. The van der Waals surface area contributed by atoms with Gasteiger partial charge in [0.25, 0.3) is 0 Å². The van der Waals surface area contributed by atoms with E-state index in [1.807, 2.05) is 4.90 Å². The molecule has 1 fully saturated rings. The summed E-state index contributed by atoms with van der Waals surface area (Å²) in [4.78, 5) is 32.2. The number of ether oxygens (including phenoxy) is 1. The normalized spacial score (nSPS) is 14.1. The van der Waals surface area contributed by atoms with Crippen molar-refractivity contribution in [3.63, 3.8) is 0 Å². The number of aromatic nitrogens is 4. The maximum Gasteiger partial charge on any atom is 0.416 e. The number of hydrogen-bond acceptors (Lipinski definition) is 8. The van der Waals surface area contributed by atoms with Crippen LogP contribution in [-0.4, -0.2) is 57.0 Å². The summed E-state index contributed by atoms with van der Waals surface area (Å²) in [6, 6.07) is 6.36. The lowest BCUT2D eigenvalue weighted by atomic mass is 10.2. The van der Waals surface area contributed by atoms with Gasteiger partial charge in [0.05, 0.1) is 11.3 Å². The van der Waals surface area contributed by atoms with E-state index in [0.29, 0.717) is 43.4 Å². The van der Waals surface area contributed by atoms with Gasteiger partial charge in [0, 0.05) is 44.8 Å². The summed E-state index contributed by atoms with van der Waals surface area (Å²) in [5.41, 5.74) is 5.34. The van der Waals surface area contributed by atoms with Gasteiger partial charge in [-0.25, -0.2) is 24.7 Å². The van der Waals surface area contributed by atoms with Gasteiger partial charge in [-0.15, -0.1) is 0 Å². The fraction of sp³-hybridized carbons (Fsp3) is 0.286. The number of nitrogens with zero attached hydrogens (tertiary/aromatic N) is 6. The average Bonchev–Trinajstić information content (AvgIpc) is 2.83. The van der Waals surface area contributed by atoms with Crippen LogP contribution in [0, 0.1) is 0 Å². The molecule has 34 heavy (non-hydrogen) atoms. The second-order valence-corrected chi connectivity index (χ2v) is 7.35. The first kappa shape index (κ1) is 23.0. The number of anilines is 3. The van der Waals surface area contributed by atoms with Crippen LogP contribution < -0.4 is 20.7 Å². The third-order valence-electron chi connectivity index (χ3n) is 5.05. The fourth-order valence-corrected chi connectivity index (χ4v) is 3.36. The predicted molar refractivity (Wildman–Crippen MR) is 117 cm³/mol. The molecular weight excluding hydrogens is 453 g/mol. The van der Waals surface area contributed by atoms with Crippen LogP contribution in [-0.2, 0) is 12.8 Å². The molecule has 0 saturated carbocycles. The first-order valence-electron chi connectivity index (χ1n) is 10.3. The molecule has 0 atom stereocenters. The number of carbonyl (C=O) groups excluding carboxylic acids is 1. The van der Waals surface area contributed by atoms with Crippen LogP contribution in [0.3, 0.4) is 0 Å². The Labute approximate surface area is 192 Å². The number of alkyl halides is 3. The summed E-state index contributed by atoms with van der Waals surface area (Å²) in [5, 5.41) is 2.43. The fourth-order valence-electron chi connectivity index (χ4n) is 3.36. The highest BCUT2D eigenvalue weighted by Gasteiger charge is 2.31. The Balaban J connectivity index is 1.35. The van der Waals surface area contributed by atoms with Crippen molar-refractivity contribution in [2.45, 2.75) is 12.8 Å². The van der Waals surface area contributed by atoms with Gasteiger partial charge in [0.15, 0.2) is 11.6 Å². The molecule has 0 radical (unpaired) electrons. The van der Waals surface area contributed by atoms with Crippen molar-refractivity contribution in [2.75, 3.05) is 42.1 Å². The first-order valence-corrected chi connectivity index (χ1v) is 10.3. The van der Waals surface area contributed by atoms with Gasteiger partial charge in [0.1, 0.15) is 12.4 Å². The number of rotatable bonds is 5. The summed E-state index contributed by atoms with van der Waals surface area (Å²) in [6.07, 6.45) is -0.320. The van der Waals surface area contributed by atoms with E-state index in [1.165, 1.54) is 4.90 Å². The Morgan fingerprint density at radius 1 is 1.06 bits per heavy atom. The van der Waals surface area contributed by atoms with E-state index in [9.17, 15) is 18.0 Å². The second-order valence-electron chi connectivity index (χ2n) is 7.35. The molecule has 1 saturated heterocycles. The van der Waals surface area contributed by atoms with Gasteiger partial charge in [-0.05, 0) is 30.3 Å². The van der Waals surface area contributed by atoms with Crippen molar-refractivity contribution in [1.82, 2.24) is 24.8 Å². The van der Waals surface area contributed by atoms with Crippen LogP contribution in [0.25, 0.3) is 0 Å². The highest BCUT2D eigenvalue weighted by molar-refractivity contribution is 5.88. The molecule has 0 aliphatic carbocycles. The van der Waals surface area contributed by atoms with Crippen LogP contribution in [0.15, 0.2) is 48.9 Å². The number of amides is 2. The van der Waals surface area contributed by atoms with E-state index in [-0.39, 0.29) is 18.4 Å². The van der Waals surface area contributed by atoms with Crippen molar-refractivity contribution in [1.29, 1.82) is 0 Å². The van der Waals surface area contributed by atoms with Gasteiger partial charge >= 0.3 is 12.2 Å². The first-order chi connectivity index (χ1) is 16.3. The average molecular weight is 474 g/mol. The summed E-state index contributed by atoms with van der Waals surface area (Å²) in [6.45, 7) is 1.76. The Morgan fingerprint density at radius 2 is 1.82 bits per heavy atom. The molecule has 3 aromatic rings. The third-order valence-corrected chi connectivity index (χ3v) is 5.05. The Morgan fingerprint density at radius 3 is 2.56 bits per heavy atom. The molecule has 3 N–H and O–H groups in total. The zero-order valence-corrected chi connectivity index (χ0v) is 17.9. The Hall–Kier alpha value is -4.16. The van der Waals surface area contributed by atoms with E-state index in [4.69, 9.17) is 10.5 Å². The number of urea groups is 1. The molecule has 0 spiro atoms. The van der Waals surface area contributed by atoms with Crippen molar-refractivity contribution >= 4 is 23.6 Å². The molecule has 0 aromatic carbocycles. The lowest BCUT2D eigenvalue weighted by Crippen LogP contribution is -2.50. The second kappa shape index (κ2) is 9.77. The van der Waals surface area contributed by atoms with Gasteiger partial charge in [-0.3, -0.25) is 5.32 Å². The molecule has 0 bridgehead atoms. The lowest BCUT2D eigenvalue weighted by molar-refractivity contribution is -0.137. The minimum atomic E-state index is -4.52. The molecule has 3 aromatic heterocycles. The van der Waals surface area contributed by atoms with Gasteiger partial charge in [-0.1, -0.05) is 0 Å². The highest BCUT2D eigenvalue weighted by atomic mass is 19.4. The summed E-state index contributed by atoms with van der Waals surface area (Å²) >= 11 is 0. The molecule has 10 nitrogen and oxygen atoms in total. The van der Waals surface area contributed by atoms with Gasteiger partial charge in [-0.2, -0.15) is 13.2 Å². The molecule has 1 aliphatic heterocycles. The highest BCUT2D eigenvalue weighted by Crippen LogP contribution is 2.30. The minimum Gasteiger partial charge on any atom is -0.483 e. The summed E-state index contributed by atoms with van der Waals surface area (Å²) in [5.74, 6) is 1.16. The Kier molecular flexibility index (Phi) is 6.61. The molecule has 4 heterocycles. The zero-order valence-electron chi connectivity index (χ0n) is 17.9. The standard InChI is InChI=1S/C21H21F3N8O2/c22-21(23,24)14-3-6-26-17(12-14)30-20(33)32-10-8-31(9-11-32)18-16(2-1-5-27-18)34-13-15-4-7-28-19(25)29-15/h1-7,12H,8-11,13H2,(H2,25,28,29)(H,26,30,33). The van der Waals surface area contributed by atoms with Crippen LogP contribution in [0.4, 0.5) is 35.5 Å². The number of hydrogen-bond donors (Lipinski definition) is 2. The SMILES string of the molecule is Nc1nccc(COc2cccnc2N2CCN(C(=O)Nc3cc(C(F)(F)F)ccn3)CC2)n1. The van der Waals surface area contributed by atoms with E-state index >= 15 is 0 Å². The van der Waals surface area contributed by atoms with Crippen LogP contribution in [0.2, 0.25) is 0 Å². The van der Waals surface area contributed by atoms with Crippen LogP contribution in [0.5, 0.6) is 5.75 Å². The molecular formula is C21H21F3N8O2. The maximum atomic E-state index is 12.9. The Bertz CT molecular complexity index is 1150. The number of nitrogen functional groups attached to an aromatic ring is 1. The smallest absolute Gasteiger partial charge is 0.416 e. The number of piperazine rings is 1. The summed E-state index contributed by atoms with van der Waals surface area (Å²) in [7, 11) is 0. The number of carbonyl (C=O) groups is 1. The lowest BCUT2D eigenvalue weighted by Gasteiger charge is -2.35. The van der Waals surface area contributed by atoms with E-state index < -0.39 is 17.8 Å². The third kappa shape index (κ3) is 5.60. The van der Waals surface area contributed by atoms with E-state index in [0.717, 1.165) is 18.3 Å². The maximum absolute atomic E-state index is 12.9. The topological polar surface area (TPSA) is 122 Å². The molecule has 13 heteroatoms. The van der Waals surface area contributed by atoms with E-state index in [2.05, 4.69) is 25.3 Å². The predicted octanol–water partition coefficient (Wildman–Crippen LogP) is 2.80. The van der Waals surface area contributed by atoms with Crippen molar-refractivity contribution < 1.29 is 22.7 Å². The minimum absolute atomic E-state index is 0.155. The molecule has 4 rings (SSSR count). The van der Waals surface area contributed by atoms with Gasteiger partial charge in [0.2, 0.25) is 5.95 Å². The van der Waals surface area contributed by atoms with Crippen LogP contribution in [0.1, 0.15) is 11.3 Å². The quantitative estimate of drug-likeness (QED) is 0.579. The van der Waals surface area contributed by atoms with Crippen LogP contribution >= 0.6 is 0 Å². The molecule has 0 unspecified atom stereocenters. The number of nitrogens with two attached hydrogens (primary N) is 1. The molecule has 1 aliphatic rings. The zero-order chi connectivity index (χ0) is 24.1. The monoisotopic (exact) mass is 474 g/mol. The largest absolute Gasteiger partial charge is 0.483 e. The van der Waals surface area contributed by atoms with Crippen molar-refractivity contribution in [3.8, 4) is 5.75 Å². The molecule has 2 amide bonds. The number of nitrogens with one attached hydrogen (secondary N) is 1. The van der Waals surface area contributed by atoms with Gasteiger partial charge < -0.3 is 20.3 Å². The van der Waals surface area contributed by atoms with Crippen molar-refractivity contribution in [3.05, 3.63) is 60.2 Å². The summed E-state index contributed by atoms with van der Waals surface area (Å²) < 4.78 is 44.5. The van der Waals surface area contributed by atoms with Crippen molar-refractivity contribution in [2.24, 2.45) is 0 Å².